The van der Waals surface area contributed by atoms with E-state index in [2.05, 4.69) is 24.3 Å². The number of allylic oxidation sites excluding steroid dienone is 4. The minimum Gasteiger partial charge on any atom is -0.274 e. The van der Waals surface area contributed by atoms with E-state index in [9.17, 15) is 19.2 Å². The summed E-state index contributed by atoms with van der Waals surface area (Å²) >= 11 is 0. The molecule has 4 fully saturated rings. The van der Waals surface area contributed by atoms with E-state index in [1.54, 1.807) is 0 Å². The summed E-state index contributed by atoms with van der Waals surface area (Å²) in [7, 11) is 0. The average Bonchev–Trinajstić information content (AvgIpc) is 3.74. The molecule has 2 saturated carbocycles. The lowest BCUT2D eigenvalue weighted by atomic mass is 9.85. The van der Waals surface area contributed by atoms with E-state index < -0.39 is 0 Å². The van der Waals surface area contributed by atoms with Gasteiger partial charge in [0.1, 0.15) is 0 Å². The zero-order valence-electron chi connectivity index (χ0n) is 21.3. The first-order valence-corrected chi connectivity index (χ1v) is 13.7. The molecule has 0 N–H and O–H groups in total. The van der Waals surface area contributed by atoms with E-state index in [1.807, 2.05) is 50.2 Å². The topological polar surface area (TPSA) is 74.8 Å². The van der Waals surface area contributed by atoms with E-state index in [0.29, 0.717) is 11.4 Å². The quantitative estimate of drug-likeness (QED) is 0.453. The van der Waals surface area contributed by atoms with Crippen molar-refractivity contribution in [2.75, 3.05) is 9.80 Å². The fourth-order valence-electron chi connectivity index (χ4n) is 8.45. The summed E-state index contributed by atoms with van der Waals surface area (Å²) in [6.45, 7) is 3.87. The Labute approximate surface area is 221 Å². The molecule has 4 bridgehead atoms. The van der Waals surface area contributed by atoms with Crippen LogP contribution in [0.5, 0.6) is 0 Å². The van der Waals surface area contributed by atoms with Gasteiger partial charge in [0, 0.05) is 0 Å². The minimum atomic E-state index is -0.215. The van der Waals surface area contributed by atoms with Crippen LogP contribution in [0.2, 0.25) is 0 Å². The number of benzene rings is 2. The highest BCUT2D eigenvalue weighted by Crippen LogP contribution is 2.54. The molecule has 0 aromatic heterocycles. The van der Waals surface area contributed by atoms with Crippen LogP contribution in [0.3, 0.4) is 0 Å². The summed E-state index contributed by atoms with van der Waals surface area (Å²) in [6.07, 6.45) is 10.3. The summed E-state index contributed by atoms with van der Waals surface area (Å²) in [4.78, 5) is 56.0. The lowest BCUT2D eigenvalue weighted by Crippen LogP contribution is -2.33. The Hall–Kier alpha value is -3.80. The van der Waals surface area contributed by atoms with Gasteiger partial charge in [0.15, 0.2) is 0 Å². The molecule has 0 unspecified atom stereocenters. The van der Waals surface area contributed by atoms with E-state index in [1.165, 1.54) is 9.80 Å². The van der Waals surface area contributed by atoms with E-state index in [4.69, 9.17) is 0 Å². The highest BCUT2D eigenvalue weighted by atomic mass is 16.2. The van der Waals surface area contributed by atoms with Gasteiger partial charge in [-0.15, -0.1) is 0 Å². The smallest absolute Gasteiger partial charge is 0.238 e. The molecule has 2 aromatic carbocycles. The molecule has 2 aromatic rings. The largest absolute Gasteiger partial charge is 0.274 e. The van der Waals surface area contributed by atoms with Crippen LogP contribution in [0.15, 0.2) is 60.7 Å². The zero-order chi connectivity index (χ0) is 26.0. The molecule has 38 heavy (non-hydrogen) atoms. The average molecular weight is 505 g/mol. The third-order valence-electron chi connectivity index (χ3n) is 10.1. The lowest BCUT2D eigenvalue weighted by molar-refractivity contribution is -0.124. The van der Waals surface area contributed by atoms with Crippen molar-refractivity contribution in [3.8, 4) is 11.1 Å². The molecule has 6 heteroatoms. The van der Waals surface area contributed by atoms with Crippen molar-refractivity contribution < 1.29 is 19.2 Å². The molecule has 4 aliphatic carbocycles. The maximum Gasteiger partial charge on any atom is 0.238 e. The molecule has 2 aliphatic heterocycles. The summed E-state index contributed by atoms with van der Waals surface area (Å²) < 4.78 is 0. The number of imide groups is 2. The van der Waals surface area contributed by atoms with Crippen molar-refractivity contribution in [3.63, 3.8) is 0 Å². The van der Waals surface area contributed by atoms with Gasteiger partial charge in [-0.2, -0.15) is 0 Å². The van der Waals surface area contributed by atoms with Crippen LogP contribution in [-0.4, -0.2) is 23.6 Å². The number of hydrogen-bond donors (Lipinski definition) is 0. The van der Waals surface area contributed by atoms with Crippen LogP contribution in [0, 0.1) is 61.2 Å². The van der Waals surface area contributed by atoms with E-state index >= 15 is 0 Å². The number of carbonyl (C=O) groups excluding carboxylic acids is 4. The predicted molar refractivity (Wildman–Crippen MR) is 142 cm³/mol. The third-order valence-corrected chi connectivity index (χ3v) is 10.1. The maximum absolute atomic E-state index is 13.3. The molecular weight excluding hydrogens is 476 g/mol. The molecule has 6 nitrogen and oxygen atoms in total. The number of carbonyl (C=O) groups is 4. The Bertz CT molecular complexity index is 1380. The second-order valence-corrected chi connectivity index (χ2v) is 12.0. The van der Waals surface area contributed by atoms with Crippen LogP contribution >= 0.6 is 0 Å². The number of rotatable bonds is 3. The van der Waals surface area contributed by atoms with Gasteiger partial charge >= 0.3 is 0 Å². The van der Waals surface area contributed by atoms with Gasteiger partial charge < -0.3 is 0 Å². The number of amides is 4. The van der Waals surface area contributed by atoms with Crippen molar-refractivity contribution in [2.24, 2.45) is 47.3 Å². The second-order valence-electron chi connectivity index (χ2n) is 12.0. The maximum atomic E-state index is 13.3. The Morgan fingerprint density at radius 3 is 1.13 bits per heavy atom. The summed E-state index contributed by atoms with van der Waals surface area (Å²) in [5, 5.41) is 0. The fourth-order valence-corrected chi connectivity index (χ4v) is 8.45. The van der Waals surface area contributed by atoms with Crippen molar-refractivity contribution >= 4 is 35.0 Å². The Balaban J connectivity index is 1.08. The van der Waals surface area contributed by atoms with Gasteiger partial charge in [-0.1, -0.05) is 36.4 Å². The number of nitrogens with zero attached hydrogens (tertiary/aromatic N) is 2. The summed E-state index contributed by atoms with van der Waals surface area (Å²) in [5.41, 5.74) is 4.97. The van der Waals surface area contributed by atoms with Crippen LogP contribution < -0.4 is 9.80 Å². The standard InChI is InChI=1S/C32H28N2O4/c1-15-11-17(7-9-23(15)33-29(35)25-19-3-4-20(13-19)26(25)30(33)36)18-8-10-24(16(2)12-18)34-31(37)27-21-5-6-22(14-21)28(27)32(34)38/h3-12,19-22,25-28H,13-14H2,1-2H3/t19-,20-,21-,22+,25-,26+,27-,28-/m0/s1. The molecule has 8 rings (SSSR count). The zero-order valence-corrected chi connectivity index (χ0v) is 21.3. The van der Waals surface area contributed by atoms with E-state index in [0.717, 1.165) is 35.1 Å². The van der Waals surface area contributed by atoms with Crippen LogP contribution in [0.25, 0.3) is 11.1 Å². The number of hydrogen-bond acceptors (Lipinski definition) is 4. The van der Waals surface area contributed by atoms with Crippen LogP contribution in [0.4, 0.5) is 11.4 Å². The van der Waals surface area contributed by atoms with Crippen molar-refractivity contribution in [1.29, 1.82) is 0 Å². The molecule has 8 atom stereocenters. The van der Waals surface area contributed by atoms with Gasteiger partial charge in [0.2, 0.25) is 23.6 Å². The normalized spacial score (nSPS) is 35.8. The first-order chi connectivity index (χ1) is 18.3. The van der Waals surface area contributed by atoms with Crippen molar-refractivity contribution in [3.05, 3.63) is 71.8 Å². The SMILES string of the molecule is Cc1cc(-c2ccc(N3C(=O)[C@@H]4[C@H](C3=O)[C@H]3C=C[C@H]4C3)c(C)c2)ccc1N1C(=O)[C@@H]2[C@@H](C1=O)[C@H]1C=C[C@@H]2C1. The molecule has 0 radical (unpaired) electrons. The predicted octanol–water partition coefficient (Wildman–Crippen LogP) is 4.59. The first kappa shape index (κ1) is 22.2. The van der Waals surface area contributed by atoms with Crippen molar-refractivity contribution in [2.45, 2.75) is 26.7 Å². The molecule has 0 spiro atoms. The molecular formula is C32H28N2O4. The minimum absolute atomic E-state index is 0.0683. The number of anilines is 2. The van der Waals surface area contributed by atoms with Gasteiger partial charge in [-0.25, -0.2) is 9.80 Å². The fraction of sp³-hybridized carbons (Fsp3) is 0.375. The third kappa shape index (κ3) is 2.68. The molecule has 4 amide bonds. The van der Waals surface area contributed by atoms with E-state index in [-0.39, 0.29) is 71.0 Å². The molecule has 190 valence electrons. The number of aryl methyl sites for hydroxylation is 2. The second kappa shape index (κ2) is 7.40. The summed E-state index contributed by atoms with van der Waals surface area (Å²) in [6, 6.07) is 11.6. The first-order valence-electron chi connectivity index (χ1n) is 13.7. The Kier molecular flexibility index (Phi) is 4.33. The molecule has 2 saturated heterocycles. The lowest BCUT2D eigenvalue weighted by Gasteiger charge is -2.21. The van der Waals surface area contributed by atoms with Gasteiger partial charge in [0.25, 0.3) is 0 Å². The Morgan fingerprint density at radius 2 is 0.842 bits per heavy atom. The van der Waals surface area contributed by atoms with Gasteiger partial charge in [-0.3, -0.25) is 19.2 Å². The van der Waals surface area contributed by atoms with Crippen molar-refractivity contribution in [1.82, 2.24) is 0 Å². The monoisotopic (exact) mass is 504 g/mol. The molecule has 6 aliphatic rings. The van der Waals surface area contributed by atoms with Gasteiger partial charge in [-0.05, 0) is 96.9 Å². The number of fused-ring (bicyclic) bond motifs is 10. The van der Waals surface area contributed by atoms with Gasteiger partial charge in [0.05, 0.1) is 35.0 Å². The van der Waals surface area contributed by atoms with Crippen LogP contribution in [0.1, 0.15) is 24.0 Å². The highest BCUT2D eigenvalue weighted by molar-refractivity contribution is 6.24. The van der Waals surface area contributed by atoms with Crippen LogP contribution in [-0.2, 0) is 19.2 Å². The summed E-state index contributed by atoms with van der Waals surface area (Å²) in [5.74, 6) is -0.380. The Morgan fingerprint density at radius 1 is 0.526 bits per heavy atom. The highest BCUT2D eigenvalue weighted by Gasteiger charge is 2.60. The molecule has 2 heterocycles.